The number of hydrogen-bond donors (Lipinski definition) is 1. The Morgan fingerprint density at radius 3 is 2.89 bits per heavy atom. The lowest BCUT2D eigenvalue weighted by molar-refractivity contribution is -0.111. The van der Waals surface area contributed by atoms with Gasteiger partial charge in [-0.3, -0.25) is 4.79 Å². The maximum Gasteiger partial charge on any atom is 0.249 e. The molecular formula is C22H26N2O2S. The molecule has 5 heteroatoms. The summed E-state index contributed by atoms with van der Waals surface area (Å²) >= 11 is 1.56. The Morgan fingerprint density at radius 1 is 1.48 bits per heavy atom. The molecule has 0 aromatic carbocycles. The van der Waals surface area contributed by atoms with E-state index in [4.69, 9.17) is 4.42 Å². The van der Waals surface area contributed by atoms with E-state index in [2.05, 4.69) is 32.2 Å². The van der Waals surface area contributed by atoms with Crippen molar-refractivity contribution in [3.63, 3.8) is 0 Å². The fraction of sp³-hybridized carbons (Fsp3) is 0.455. The highest BCUT2D eigenvalue weighted by Crippen LogP contribution is 2.45. The molecule has 3 rings (SSSR count). The number of anilines is 1. The first-order valence-corrected chi connectivity index (χ1v) is 10.3. The minimum atomic E-state index is -0.246. The summed E-state index contributed by atoms with van der Waals surface area (Å²) in [6.07, 6.45) is 7.24. The minimum Gasteiger partial charge on any atom is -0.462 e. The smallest absolute Gasteiger partial charge is 0.249 e. The van der Waals surface area contributed by atoms with Gasteiger partial charge in [-0.25, -0.2) is 0 Å². The largest absolute Gasteiger partial charge is 0.462 e. The molecule has 1 N–H and O–H groups in total. The van der Waals surface area contributed by atoms with E-state index in [9.17, 15) is 10.1 Å². The average molecular weight is 383 g/mol. The van der Waals surface area contributed by atoms with Gasteiger partial charge < -0.3 is 9.73 Å². The van der Waals surface area contributed by atoms with Crippen LogP contribution in [0.15, 0.2) is 22.6 Å². The van der Waals surface area contributed by atoms with E-state index in [-0.39, 0.29) is 5.91 Å². The van der Waals surface area contributed by atoms with Gasteiger partial charge in [0.15, 0.2) is 0 Å². The van der Waals surface area contributed by atoms with Gasteiger partial charge in [0.1, 0.15) is 22.6 Å². The SMILES string of the molecule is CCC(C)(C)C1CCc2c(sc(NC(=O)C=Cc3ccc(C)o3)c2C#N)C1. The number of amides is 1. The highest BCUT2D eigenvalue weighted by atomic mass is 32.1. The zero-order valence-corrected chi connectivity index (χ0v) is 17.2. The van der Waals surface area contributed by atoms with Crippen LogP contribution in [0, 0.1) is 29.6 Å². The second-order valence-electron chi connectivity index (χ2n) is 7.87. The number of nitriles is 1. The quantitative estimate of drug-likeness (QED) is 0.673. The predicted molar refractivity (Wildman–Crippen MR) is 110 cm³/mol. The summed E-state index contributed by atoms with van der Waals surface area (Å²) in [4.78, 5) is 13.6. The number of aryl methyl sites for hydroxylation is 1. The minimum absolute atomic E-state index is 0.246. The van der Waals surface area contributed by atoms with Crippen molar-refractivity contribution in [1.82, 2.24) is 0 Å². The van der Waals surface area contributed by atoms with E-state index >= 15 is 0 Å². The molecule has 1 unspecified atom stereocenters. The van der Waals surface area contributed by atoms with E-state index in [1.165, 1.54) is 11.0 Å². The number of nitrogens with one attached hydrogen (secondary N) is 1. The zero-order valence-electron chi connectivity index (χ0n) is 16.4. The highest BCUT2D eigenvalue weighted by Gasteiger charge is 2.33. The Morgan fingerprint density at radius 2 is 2.26 bits per heavy atom. The molecule has 0 saturated heterocycles. The summed E-state index contributed by atoms with van der Waals surface area (Å²) in [6.45, 7) is 8.75. The molecule has 142 valence electrons. The molecule has 1 aliphatic rings. The first kappa shape index (κ1) is 19.4. The maximum atomic E-state index is 12.3. The van der Waals surface area contributed by atoms with Gasteiger partial charge in [-0.05, 0) is 61.3 Å². The van der Waals surface area contributed by atoms with Crippen molar-refractivity contribution in [3.8, 4) is 6.07 Å². The molecule has 0 fully saturated rings. The van der Waals surface area contributed by atoms with Crippen LogP contribution in [0.2, 0.25) is 0 Å². The van der Waals surface area contributed by atoms with E-state index in [1.807, 2.05) is 19.1 Å². The van der Waals surface area contributed by atoms with E-state index < -0.39 is 0 Å². The van der Waals surface area contributed by atoms with Crippen LogP contribution in [0.5, 0.6) is 0 Å². The Hall–Kier alpha value is -2.32. The number of hydrogen-bond acceptors (Lipinski definition) is 4. The summed E-state index contributed by atoms with van der Waals surface area (Å²) in [6, 6.07) is 5.98. The van der Waals surface area contributed by atoms with Crippen LogP contribution in [-0.4, -0.2) is 5.91 Å². The highest BCUT2D eigenvalue weighted by molar-refractivity contribution is 7.16. The van der Waals surface area contributed by atoms with Gasteiger partial charge in [0.25, 0.3) is 0 Å². The van der Waals surface area contributed by atoms with Gasteiger partial charge in [-0.15, -0.1) is 11.3 Å². The third kappa shape index (κ3) is 4.17. The second-order valence-corrected chi connectivity index (χ2v) is 8.98. The number of furan rings is 1. The molecule has 0 spiro atoms. The van der Waals surface area contributed by atoms with Crippen LogP contribution in [0.25, 0.3) is 6.08 Å². The van der Waals surface area contributed by atoms with Crippen molar-refractivity contribution in [3.05, 3.63) is 45.7 Å². The van der Waals surface area contributed by atoms with Crippen molar-refractivity contribution in [1.29, 1.82) is 5.26 Å². The average Bonchev–Trinajstić information content (AvgIpc) is 3.21. The Kier molecular flexibility index (Phi) is 5.57. The van der Waals surface area contributed by atoms with Crippen LogP contribution in [-0.2, 0) is 17.6 Å². The zero-order chi connectivity index (χ0) is 19.6. The molecule has 1 atom stereocenters. The topological polar surface area (TPSA) is 66.0 Å². The monoisotopic (exact) mass is 382 g/mol. The van der Waals surface area contributed by atoms with Gasteiger partial charge in [-0.1, -0.05) is 27.2 Å². The van der Waals surface area contributed by atoms with Gasteiger partial charge in [0.2, 0.25) is 5.91 Å². The lowest BCUT2D eigenvalue weighted by Crippen LogP contribution is -2.28. The van der Waals surface area contributed by atoms with Crippen LogP contribution in [0.3, 0.4) is 0 Å². The van der Waals surface area contributed by atoms with E-state index in [1.54, 1.807) is 17.4 Å². The summed E-state index contributed by atoms with van der Waals surface area (Å²) in [7, 11) is 0. The standard InChI is InChI=1S/C22H26N2O2S/c1-5-22(3,4)15-7-10-17-18(13-23)21(27-19(17)12-15)24-20(25)11-9-16-8-6-14(2)26-16/h6,8-9,11,15H,5,7,10,12H2,1-4H3,(H,24,25). The summed E-state index contributed by atoms with van der Waals surface area (Å²) in [5, 5.41) is 13.2. The van der Waals surface area contributed by atoms with Crippen molar-refractivity contribution in [2.24, 2.45) is 11.3 Å². The van der Waals surface area contributed by atoms with Gasteiger partial charge in [0.05, 0.1) is 5.56 Å². The number of nitrogens with zero attached hydrogens (tertiary/aromatic N) is 1. The van der Waals surface area contributed by atoms with E-state index in [0.29, 0.717) is 27.7 Å². The fourth-order valence-corrected chi connectivity index (χ4v) is 4.88. The Labute approximate surface area is 164 Å². The van der Waals surface area contributed by atoms with Crippen LogP contribution in [0.4, 0.5) is 5.00 Å². The molecule has 0 aliphatic heterocycles. The van der Waals surface area contributed by atoms with Crippen molar-refractivity contribution >= 4 is 28.3 Å². The van der Waals surface area contributed by atoms with Gasteiger partial charge in [-0.2, -0.15) is 5.26 Å². The molecule has 1 aliphatic carbocycles. The van der Waals surface area contributed by atoms with Crippen LogP contribution in [0.1, 0.15) is 61.1 Å². The molecule has 0 saturated carbocycles. The molecule has 0 bridgehead atoms. The number of carbonyl (C=O) groups excluding carboxylic acids is 1. The molecular weight excluding hydrogens is 356 g/mol. The molecule has 4 nitrogen and oxygen atoms in total. The first-order valence-electron chi connectivity index (χ1n) is 9.44. The number of thiophene rings is 1. The Bertz CT molecular complexity index is 911. The summed E-state index contributed by atoms with van der Waals surface area (Å²) in [5.74, 6) is 1.81. The normalized spacial score (nSPS) is 16.9. The lowest BCUT2D eigenvalue weighted by Gasteiger charge is -2.36. The molecule has 27 heavy (non-hydrogen) atoms. The third-order valence-electron chi connectivity index (χ3n) is 5.79. The van der Waals surface area contributed by atoms with Crippen LogP contribution >= 0.6 is 11.3 Å². The third-order valence-corrected chi connectivity index (χ3v) is 6.96. The van der Waals surface area contributed by atoms with Crippen molar-refractivity contribution in [2.75, 3.05) is 5.32 Å². The number of carbonyl (C=O) groups is 1. The Balaban J connectivity index is 1.76. The number of fused-ring (bicyclic) bond motifs is 1. The van der Waals surface area contributed by atoms with Gasteiger partial charge in [0, 0.05) is 11.0 Å². The molecule has 2 aromatic heterocycles. The predicted octanol–water partition coefficient (Wildman–Crippen LogP) is 5.71. The van der Waals surface area contributed by atoms with Crippen LogP contribution < -0.4 is 5.32 Å². The fourth-order valence-electron chi connectivity index (χ4n) is 3.60. The maximum absolute atomic E-state index is 12.3. The molecule has 2 heterocycles. The van der Waals surface area contributed by atoms with Crippen molar-refractivity contribution < 1.29 is 9.21 Å². The summed E-state index contributed by atoms with van der Waals surface area (Å²) in [5.41, 5.74) is 2.06. The summed E-state index contributed by atoms with van der Waals surface area (Å²) < 4.78 is 5.43. The molecule has 2 aromatic rings. The lowest BCUT2D eigenvalue weighted by atomic mass is 9.69. The first-order chi connectivity index (χ1) is 12.8. The number of rotatable bonds is 5. The van der Waals surface area contributed by atoms with Crippen molar-refractivity contribution in [2.45, 2.75) is 53.4 Å². The second kappa shape index (κ2) is 7.74. The molecule has 0 radical (unpaired) electrons. The van der Waals surface area contributed by atoms with E-state index in [0.717, 1.165) is 37.0 Å². The van der Waals surface area contributed by atoms with Gasteiger partial charge >= 0.3 is 0 Å². The molecule has 1 amide bonds.